The highest BCUT2D eigenvalue weighted by Gasteiger charge is 2.25. The second-order valence-electron chi connectivity index (χ2n) is 6.65. The smallest absolute Gasteiger partial charge is 0.250 e. The zero-order valence-corrected chi connectivity index (χ0v) is 16.4. The first-order valence-corrected chi connectivity index (χ1v) is 11.1. The molecule has 0 radical (unpaired) electrons. The Morgan fingerprint density at radius 1 is 1.46 bits per heavy atom. The van der Waals surface area contributed by atoms with Crippen LogP contribution in [0.4, 0.5) is 0 Å². The van der Waals surface area contributed by atoms with E-state index < -0.39 is 10.0 Å². The van der Waals surface area contributed by atoms with Crippen LogP contribution in [0.1, 0.15) is 24.8 Å². The quantitative estimate of drug-likeness (QED) is 0.771. The summed E-state index contributed by atoms with van der Waals surface area (Å²) in [5.41, 5.74) is 1.05. The topological polar surface area (TPSA) is 84.3 Å². The monoisotopic (exact) mass is 396 g/mol. The van der Waals surface area contributed by atoms with Crippen molar-refractivity contribution in [1.82, 2.24) is 19.4 Å². The van der Waals surface area contributed by atoms with E-state index in [-0.39, 0.29) is 11.8 Å². The number of aromatic nitrogens is 2. The molecule has 1 N–H and O–H groups in total. The van der Waals surface area contributed by atoms with Crippen molar-refractivity contribution in [2.45, 2.75) is 29.9 Å². The average Bonchev–Trinajstić information content (AvgIpc) is 3.30. The number of hydrogen-bond acceptors (Lipinski definition) is 5. The van der Waals surface area contributed by atoms with Crippen LogP contribution in [-0.4, -0.2) is 48.6 Å². The Morgan fingerprint density at radius 3 is 3.00 bits per heavy atom. The van der Waals surface area contributed by atoms with Crippen molar-refractivity contribution in [2.75, 3.05) is 19.6 Å². The van der Waals surface area contributed by atoms with Gasteiger partial charge in [0.25, 0.3) is 0 Å². The fourth-order valence-electron chi connectivity index (χ4n) is 3.18. The molecule has 26 heavy (non-hydrogen) atoms. The Hall–Kier alpha value is -1.71. The van der Waals surface area contributed by atoms with Crippen molar-refractivity contribution >= 4 is 27.3 Å². The Balaban J connectivity index is 1.48. The molecular formula is C17H24N4O3S2. The van der Waals surface area contributed by atoms with Gasteiger partial charge in [-0.15, -0.1) is 11.3 Å². The molecule has 1 fully saturated rings. The highest BCUT2D eigenvalue weighted by atomic mass is 32.2. The van der Waals surface area contributed by atoms with Gasteiger partial charge in [-0.25, -0.2) is 13.1 Å². The van der Waals surface area contributed by atoms with Crippen LogP contribution >= 0.6 is 11.3 Å². The molecule has 1 amide bonds. The maximum Gasteiger partial charge on any atom is 0.250 e. The first kappa shape index (κ1) is 19.1. The molecule has 0 bridgehead atoms. The van der Waals surface area contributed by atoms with E-state index in [9.17, 15) is 13.2 Å². The molecule has 0 aliphatic carbocycles. The number of carbonyl (C=O) groups is 1. The zero-order chi connectivity index (χ0) is 18.6. The number of thiophene rings is 1. The molecule has 142 valence electrons. The van der Waals surface area contributed by atoms with Gasteiger partial charge in [0.05, 0.1) is 6.20 Å². The number of likely N-dealkylation sites (tertiary alicyclic amines) is 1. The van der Waals surface area contributed by atoms with Crippen LogP contribution in [0.5, 0.6) is 0 Å². The van der Waals surface area contributed by atoms with E-state index in [1.165, 1.54) is 11.3 Å². The van der Waals surface area contributed by atoms with Crippen molar-refractivity contribution < 1.29 is 13.2 Å². The van der Waals surface area contributed by atoms with Crippen LogP contribution in [0.2, 0.25) is 0 Å². The minimum atomic E-state index is -3.44. The van der Waals surface area contributed by atoms with E-state index in [0.29, 0.717) is 30.1 Å². The number of amides is 1. The van der Waals surface area contributed by atoms with E-state index >= 15 is 0 Å². The molecule has 3 rings (SSSR count). The number of carbonyl (C=O) groups excluding carboxylic acids is 1. The van der Waals surface area contributed by atoms with Gasteiger partial charge in [-0.05, 0) is 42.2 Å². The van der Waals surface area contributed by atoms with Gasteiger partial charge in [0, 0.05) is 39.3 Å². The molecule has 1 unspecified atom stereocenters. The third kappa shape index (κ3) is 4.93. The third-order valence-electron chi connectivity index (χ3n) is 4.58. The van der Waals surface area contributed by atoms with Gasteiger partial charge in [-0.2, -0.15) is 5.10 Å². The number of hydrogen-bond donors (Lipinski definition) is 1. The summed E-state index contributed by atoms with van der Waals surface area (Å²) < 4.78 is 29.2. The highest BCUT2D eigenvalue weighted by Crippen LogP contribution is 2.19. The summed E-state index contributed by atoms with van der Waals surface area (Å²) in [5.74, 6) is 0.278. The molecule has 1 atom stereocenters. The number of aryl methyl sites for hydroxylation is 2. The van der Waals surface area contributed by atoms with Gasteiger partial charge in [-0.1, -0.05) is 6.07 Å². The highest BCUT2D eigenvalue weighted by molar-refractivity contribution is 7.91. The molecule has 3 heterocycles. The first-order chi connectivity index (χ1) is 12.4. The van der Waals surface area contributed by atoms with Crippen molar-refractivity contribution in [3.63, 3.8) is 0 Å². The fraction of sp³-hybridized carbons (Fsp3) is 0.529. The number of sulfonamides is 1. The summed E-state index contributed by atoms with van der Waals surface area (Å²) in [7, 11) is -1.58. The normalized spacial score (nSPS) is 18.2. The van der Waals surface area contributed by atoms with E-state index in [1.54, 1.807) is 28.4 Å². The van der Waals surface area contributed by atoms with Gasteiger partial charge in [0.2, 0.25) is 15.9 Å². The van der Waals surface area contributed by atoms with Gasteiger partial charge >= 0.3 is 0 Å². The molecule has 0 spiro atoms. The van der Waals surface area contributed by atoms with Crippen LogP contribution in [-0.2, 0) is 28.3 Å². The van der Waals surface area contributed by atoms with E-state index in [1.807, 2.05) is 18.1 Å². The lowest BCUT2D eigenvalue weighted by Crippen LogP contribution is -2.43. The lowest BCUT2D eigenvalue weighted by atomic mass is 9.98. The first-order valence-electron chi connectivity index (χ1n) is 8.72. The van der Waals surface area contributed by atoms with Crippen LogP contribution in [0.3, 0.4) is 0 Å². The zero-order valence-electron chi connectivity index (χ0n) is 14.8. The molecule has 2 aromatic rings. The molecule has 0 aromatic carbocycles. The Labute approximate surface area is 158 Å². The van der Waals surface area contributed by atoms with E-state index in [4.69, 9.17) is 0 Å². The summed E-state index contributed by atoms with van der Waals surface area (Å²) in [6, 6.07) is 3.32. The van der Waals surface area contributed by atoms with Crippen LogP contribution < -0.4 is 4.72 Å². The van der Waals surface area contributed by atoms with Gasteiger partial charge < -0.3 is 4.90 Å². The Bertz CT molecular complexity index is 830. The summed E-state index contributed by atoms with van der Waals surface area (Å²) >= 11 is 1.21. The molecule has 0 saturated carbocycles. The third-order valence-corrected chi connectivity index (χ3v) is 7.40. The van der Waals surface area contributed by atoms with Gasteiger partial charge in [0.15, 0.2) is 0 Å². The molecule has 2 aromatic heterocycles. The summed E-state index contributed by atoms with van der Waals surface area (Å²) in [6.45, 7) is 1.73. The second-order valence-corrected chi connectivity index (χ2v) is 9.60. The van der Waals surface area contributed by atoms with Crippen molar-refractivity contribution in [1.29, 1.82) is 0 Å². The molecule has 1 aliphatic heterocycles. The minimum Gasteiger partial charge on any atom is -0.342 e. The Morgan fingerprint density at radius 2 is 2.31 bits per heavy atom. The van der Waals surface area contributed by atoms with Crippen molar-refractivity contribution in [2.24, 2.45) is 13.0 Å². The molecule has 7 nitrogen and oxygen atoms in total. The van der Waals surface area contributed by atoms with Gasteiger partial charge in [0.1, 0.15) is 4.21 Å². The van der Waals surface area contributed by atoms with Crippen molar-refractivity contribution in [3.05, 3.63) is 35.5 Å². The van der Waals surface area contributed by atoms with Crippen LogP contribution in [0.25, 0.3) is 0 Å². The van der Waals surface area contributed by atoms with Crippen molar-refractivity contribution in [3.8, 4) is 0 Å². The summed E-state index contributed by atoms with van der Waals surface area (Å²) in [5, 5.41) is 5.86. The van der Waals surface area contributed by atoms with Gasteiger partial charge in [-0.3, -0.25) is 9.48 Å². The second kappa shape index (κ2) is 8.32. The summed E-state index contributed by atoms with van der Waals surface area (Å²) in [4.78, 5) is 14.3. The average molecular weight is 397 g/mol. The van der Waals surface area contributed by atoms with E-state index in [0.717, 1.165) is 24.9 Å². The number of nitrogens with zero attached hydrogens (tertiary/aromatic N) is 3. The lowest BCUT2D eigenvalue weighted by molar-refractivity contribution is -0.132. The standard InChI is InChI=1S/C17H24N4O3S2/c1-20-12-15(10-18-20)6-7-16(22)21-8-2-4-14(13-21)11-19-26(23,24)17-5-3-9-25-17/h3,5,9-10,12,14,19H,2,4,6-8,11,13H2,1H3. The van der Waals surface area contributed by atoms with Crippen LogP contribution in [0, 0.1) is 5.92 Å². The Kier molecular flexibility index (Phi) is 6.10. The maximum absolute atomic E-state index is 12.5. The number of piperidine rings is 1. The minimum absolute atomic E-state index is 0.125. The number of nitrogens with one attached hydrogen (secondary N) is 1. The predicted octanol–water partition coefficient (Wildman–Crippen LogP) is 1.63. The van der Waals surface area contributed by atoms with Crippen LogP contribution in [0.15, 0.2) is 34.1 Å². The molecule has 9 heteroatoms. The predicted molar refractivity (Wildman–Crippen MR) is 100 cm³/mol. The largest absolute Gasteiger partial charge is 0.342 e. The van der Waals surface area contributed by atoms with E-state index in [2.05, 4.69) is 9.82 Å². The summed E-state index contributed by atoms with van der Waals surface area (Å²) in [6.07, 6.45) is 6.68. The SMILES string of the molecule is Cn1cc(CCC(=O)N2CCCC(CNS(=O)(=O)c3cccs3)C2)cn1. The molecule has 1 saturated heterocycles. The fourth-order valence-corrected chi connectivity index (χ4v) is 5.34. The number of rotatable bonds is 7. The lowest BCUT2D eigenvalue weighted by Gasteiger charge is -2.33. The maximum atomic E-state index is 12.5. The molecular weight excluding hydrogens is 372 g/mol. The molecule has 1 aliphatic rings.